The highest BCUT2D eigenvalue weighted by atomic mass is 35.5. The van der Waals surface area contributed by atoms with Gasteiger partial charge in [-0.3, -0.25) is 0 Å². The highest BCUT2D eigenvalue weighted by Gasteiger charge is 2.16. The monoisotopic (exact) mass is 316 g/mol. The van der Waals surface area contributed by atoms with Gasteiger partial charge in [0.25, 0.3) is 0 Å². The predicted octanol–water partition coefficient (Wildman–Crippen LogP) is 3.78. The summed E-state index contributed by atoms with van der Waals surface area (Å²) in [6.07, 6.45) is 1.82. The van der Waals surface area contributed by atoms with E-state index < -0.39 is 12.0 Å². The third-order valence-corrected chi connectivity index (χ3v) is 2.81. The molecule has 1 rings (SSSR count). The van der Waals surface area contributed by atoms with Crippen LogP contribution in [0.3, 0.4) is 0 Å². The lowest BCUT2D eigenvalue weighted by atomic mass is 10.2. The Balaban J connectivity index is 2.89. The van der Waals surface area contributed by atoms with Gasteiger partial charge in [0.15, 0.2) is 0 Å². The maximum Gasteiger partial charge on any atom is 0.337 e. The molecular formula is C13H14Cl2N2O3. The molecule has 0 unspecified atom stereocenters. The zero-order valence-corrected chi connectivity index (χ0v) is 12.5. The first-order valence-corrected chi connectivity index (χ1v) is 6.47. The van der Waals surface area contributed by atoms with Crippen LogP contribution in [-0.2, 0) is 0 Å². The molecule has 1 aromatic carbocycles. The lowest BCUT2D eigenvalue weighted by molar-refractivity contribution is 0.0698. The summed E-state index contributed by atoms with van der Waals surface area (Å²) in [7, 11) is 0. The van der Waals surface area contributed by atoms with Crippen LogP contribution in [0.2, 0.25) is 10.0 Å². The van der Waals surface area contributed by atoms with Gasteiger partial charge in [-0.2, -0.15) is 0 Å². The number of urea groups is 1. The van der Waals surface area contributed by atoms with E-state index in [1.807, 2.05) is 19.9 Å². The lowest BCUT2D eigenvalue weighted by Gasteiger charge is -2.11. The Morgan fingerprint density at radius 3 is 2.50 bits per heavy atom. The van der Waals surface area contributed by atoms with Crippen molar-refractivity contribution >= 4 is 40.9 Å². The average Bonchev–Trinajstić information content (AvgIpc) is 2.31. The minimum Gasteiger partial charge on any atom is -0.478 e. The Labute approximate surface area is 126 Å². The van der Waals surface area contributed by atoms with Crippen LogP contribution in [0.25, 0.3) is 0 Å². The molecule has 0 aliphatic heterocycles. The molecule has 20 heavy (non-hydrogen) atoms. The first-order chi connectivity index (χ1) is 9.31. The largest absolute Gasteiger partial charge is 0.478 e. The summed E-state index contributed by atoms with van der Waals surface area (Å²) in [5.74, 6) is -1.23. The number of carbonyl (C=O) groups is 2. The molecule has 0 saturated carbocycles. The highest BCUT2D eigenvalue weighted by Crippen LogP contribution is 2.30. The molecule has 0 aliphatic rings. The molecule has 108 valence electrons. The van der Waals surface area contributed by atoms with Crippen LogP contribution in [0.4, 0.5) is 10.5 Å². The number of carbonyl (C=O) groups excluding carboxylic acids is 1. The molecule has 0 radical (unpaired) electrons. The van der Waals surface area contributed by atoms with E-state index in [-0.39, 0.29) is 21.3 Å². The SMILES string of the molecule is CC(C)=CCNC(=O)Nc1c(Cl)cc(Cl)cc1C(=O)O. The second kappa shape index (κ2) is 7.17. The smallest absolute Gasteiger partial charge is 0.337 e. The van der Waals surface area contributed by atoms with Crippen molar-refractivity contribution in [2.45, 2.75) is 13.8 Å². The fourth-order valence-corrected chi connectivity index (χ4v) is 1.92. The van der Waals surface area contributed by atoms with Gasteiger partial charge in [-0.05, 0) is 26.0 Å². The summed E-state index contributed by atoms with van der Waals surface area (Å²) in [6, 6.07) is 2.04. The molecule has 0 fully saturated rings. The molecule has 3 N–H and O–H groups in total. The number of anilines is 1. The number of allylic oxidation sites excluding steroid dienone is 1. The van der Waals surface area contributed by atoms with Gasteiger partial charge in [-0.15, -0.1) is 0 Å². The summed E-state index contributed by atoms with van der Waals surface area (Å²) in [5.41, 5.74) is 0.902. The zero-order valence-electron chi connectivity index (χ0n) is 11.0. The molecule has 0 atom stereocenters. The van der Waals surface area contributed by atoms with Gasteiger partial charge in [-0.1, -0.05) is 34.9 Å². The van der Waals surface area contributed by atoms with Crippen molar-refractivity contribution in [2.75, 3.05) is 11.9 Å². The number of rotatable bonds is 4. The van der Waals surface area contributed by atoms with E-state index in [0.29, 0.717) is 6.54 Å². The molecular weight excluding hydrogens is 303 g/mol. The average molecular weight is 317 g/mol. The highest BCUT2D eigenvalue weighted by molar-refractivity contribution is 6.37. The van der Waals surface area contributed by atoms with Crippen LogP contribution in [-0.4, -0.2) is 23.7 Å². The minimum atomic E-state index is -1.23. The van der Waals surface area contributed by atoms with Crippen LogP contribution in [0, 0.1) is 0 Å². The molecule has 2 amide bonds. The first kappa shape index (κ1) is 16.3. The fraction of sp³-hybridized carbons (Fsp3) is 0.231. The summed E-state index contributed by atoms with van der Waals surface area (Å²) < 4.78 is 0. The summed E-state index contributed by atoms with van der Waals surface area (Å²) >= 11 is 11.6. The molecule has 0 spiro atoms. The molecule has 7 heteroatoms. The Hall–Kier alpha value is -1.72. The number of hydrogen-bond acceptors (Lipinski definition) is 2. The number of hydrogen-bond donors (Lipinski definition) is 3. The Bertz CT molecular complexity index is 567. The van der Waals surface area contributed by atoms with Crippen molar-refractivity contribution in [1.29, 1.82) is 0 Å². The predicted molar refractivity (Wildman–Crippen MR) is 79.9 cm³/mol. The fourth-order valence-electron chi connectivity index (χ4n) is 1.37. The van der Waals surface area contributed by atoms with Crippen LogP contribution >= 0.6 is 23.2 Å². The van der Waals surface area contributed by atoms with Crippen molar-refractivity contribution in [3.8, 4) is 0 Å². The molecule has 0 saturated heterocycles. The Morgan fingerprint density at radius 1 is 1.30 bits per heavy atom. The summed E-state index contributed by atoms with van der Waals surface area (Å²) in [6.45, 7) is 4.14. The van der Waals surface area contributed by atoms with E-state index in [2.05, 4.69) is 10.6 Å². The van der Waals surface area contributed by atoms with Crippen LogP contribution in [0.15, 0.2) is 23.8 Å². The molecule has 0 aromatic heterocycles. The van der Waals surface area contributed by atoms with Gasteiger partial charge in [0.2, 0.25) is 0 Å². The molecule has 0 heterocycles. The van der Waals surface area contributed by atoms with Crippen LogP contribution in [0.5, 0.6) is 0 Å². The number of amides is 2. The van der Waals surface area contributed by atoms with E-state index >= 15 is 0 Å². The van der Waals surface area contributed by atoms with Gasteiger partial charge in [0, 0.05) is 11.6 Å². The van der Waals surface area contributed by atoms with Crippen LogP contribution < -0.4 is 10.6 Å². The first-order valence-electron chi connectivity index (χ1n) is 5.71. The van der Waals surface area contributed by atoms with Crippen molar-refractivity contribution in [3.63, 3.8) is 0 Å². The van der Waals surface area contributed by atoms with Gasteiger partial charge in [0.05, 0.1) is 16.3 Å². The maximum atomic E-state index is 11.7. The maximum absolute atomic E-state index is 11.7. The second-order valence-electron chi connectivity index (χ2n) is 4.23. The zero-order chi connectivity index (χ0) is 15.3. The third-order valence-electron chi connectivity index (χ3n) is 2.30. The van der Waals surface area contributed by atoms with E-state index in [9.17, 15) is 9.59 Å². The Kier molecular flexibility index (Phi) is 5.85. The lowest BCUT2D eigenvalue weighted by Crippen LogP contribution is -2.29. The number of nitrogens with one attached hydrogen (secondary N) is 2. The van der Waals surface area contributed by atoms with Crippen molar-refractivity contribution in [2.24, 2.45) is 0 Å². The summed E-state index contributed by atoms with van der Waals surface area (Å²) in [5, 5.41) is 14.3. The van der Waals surface area contributed by atoms with E-state index in [1.165, 1.54) is 12.1 Å². The van der Waals surface area contributed by atoms with E-state index in [4.69, 9.17) is 28.3 Å². The molecule has 1 aromatic rings. The Morgan fingerprint density at radius 2 is 1.95 bits per heavy atom. The molecule has 0 aliphatic carbocycles. The molecule has 0 bridgehead atoms. The van der Waals surface area contributed by atoms with Gasteiger partial charge in [0.1, 0.15) is 0 Å². The number of carboxylic acids is 1. The van der Waals surface area contributed by atoms with Gasteiger partial charge >= 0.3 is 12.0 Å². The number of benzene rings is 1. The van der Waals surface area contributed by atoms with E-state index in [0.717, 1.165) is 5.57 Å². The van der Waals surface area contributed by atoms with Crippen molar-refractivity contribution < 1.29 is 14.7 Å². The quantitative estimate of drug-likeness (QED) is 0.740. The van der Waals surface area contributed by atoms with Crippen LogP contribution in [0.1, 0.15) is 24.2 Å². The minimum absolute atomic E-state index is 0.0123. The second-order valence-corrected chi connectivity index (χ2v) is 5.08. The molecule has 5 nitrogen and oxygen atoms in total. The van der Waals surface area contributed by atoms with Crippen molar-refractivity contribution in [3.05, 3.63) is 39.4 Å². The third kappa shape index (κ3) is 4.75. The van der Waals surface area contributed by atoms with Gasteiger partial charge < -0.3 is 15.7 Å². The normalized spacial score (nSPS) is 9.80. The van der Waals surface area contributed by atoms with Crippen molar-refractivity contribution in [1.82, 2.24) is 5.32 Å². The van der Waals surface area contributed by atoms with Gasteiger partial charge in [-0.25, -0.2) is 9.59 Å². The number of carboxylic acid groups (broad SMARTS) is 1. The standard InChI is InChI=1S/C13H14Cl2N2O3/c1-7(2)3-4-16-13(20)17-11-9(12(18)19)5-8(14)6-10(11)15/h3,5-6H,4H2,1-2H3,(H,18,19)(H2,16,17,20). The topological polar surface area (TPSA) is 78.4 Å². The van der Waals surface area contributed by atoms with E-state index in [1.54, 1.807) is 0 Å². The number of halogens is 2. The number of aromatic carboxylic acids is 1. The summed E-state index contributed by atoms with van der Waals surface area (Å²) in [4.78, 5) is 22.8.